The largest absolute Gasteiger partial charge is 0.394 e. The molecule has 0 aromatic heterocycles. The first-order chi connectivity index (χ1) is 24.8. The predicted molar refractivity (Wildman–Crippen MR) is 207 cm³/mol. The van der Waals surface area contributed by atoms with Crippen LogP contribution in [0, 0.1) is 0 Å². The Hall–Kier alpha value is -2.11. The first-order valence-electron chi connectivity index (χ1n) is 20.0. The fourth-order valence-corrected chi connectivity index (χ4v) is 5.85. The summed E-state index contributed by atoms with van der Waals surface area (Å²) in [7, 11) is 0. The van der Waals surface area contributed by atoms with Gasteiger partial charge in [0.1, 0.15) is 24.4 Å². The molecule has 9 heteroatoms. The molecule has 294 valence electrons. The second-order valence-electron chi connectivity index (χ2n) is 13.7. The number of amides is 1. The lowest BCUT2D eigenvalue weighted by atomic mass is 9.99. The van der Waals surface area contributed by atoms with Crippen molar-refractivity contribution in [2.45, 2.75) is 185 Å². The summed E-state index contributed by atoms with van der Waals surface area (Å²) >= 11 is 0. The van der Waals surface area contributed by atoms with Gasteiger partial charge in [-0.15, -0.1) is 0 Å². The summed E-state index contributed by atoms with van der Waals surface area (Å²) in [4.78, 5) is 12.9. The third-order valence-corrected chi connectivity index (χ3v) is 9.10. The summed E-state index contributed by atoms with van der Waals surface area (Å²) in [6, 6.07) is -0.826. The second kappa shape index (κ2) is 32.5. The van der Waals surface area contributed by atoms with Crippen LogP contribution in [0.5, 0.6) is 0 Å². The minimum Gasteiger partial charge on any atom is -0.394 e. The van der Waals surface area contributed by atoms with E-state index in [4.69, 9.17) is 9.47 Å². The van der Waals surface area contributed by atoms with Crippen LogP contribution >= 0.6 is 0 Å². The van der Waals surface area contributed by atoms with Crippen LogP contribution in [-0.2, 0) is 14.3 Å². The van der Waals surface area contributed by atoms with Crippen molar-refractivity contribution in [1.82, 2.24) is 5.32 Å². The van der Waals surface area contributed by atoms with Crippen molar-refractivity contribution in [3.63, 3.8) is 0 Å². The Balaban J connectivity index is 2.49. The number of unbranched alkanes of at least 4 members (excludes halogenated alkanes) is 13. The highest BCUT2D eigenvalue weighted by atomic mass is 16.7. The van der Waals surface area contributed by atoms with Crippen LogP contribution < -0.4 is 5.32 Å². The van der Waals surface area contributed by atoms with Gasteiger partial charge in [0.25, 0.3) is 0 Å². The number of carbonyl (C=O) groups excluding carboxylic acids is 1. The summed E-state index contributed by atoms with van der Waals surface area (Å²) in [6.45, 7) is 3.59. The Bertz CT molecular complexity index is 978. The van der Waals surface area contributed by atoms with Gasteiger partial charge in [-0.2, -0.15) is 0 Å². The van der Waals surface area contributed by atoms with E-state index in [-0.39, 0.29) is 12.5 Å². The third-order valence-electron chi connectivity index (χ3n) is 9.10. The Morgan fingerprint density at radius 2 is 1.22 bits per heavy atom. The molecular formula is C42H73NO8. The molecule has 7 atom stereocenters. The van der Waals surface area contributed by atoms with Crippen molar-refractivity contribution in [3.05, 3.63) is 60.8 Å². The third kappa shape index (κ3) is 24.0. The van der Waals surface area contributed by atoms with Crippen LogP contribution in [0.25, 0.3) is 0 Å². The van der Waals surface area contributed by atoms with Gasteiger partial charge >= 0.3 is 0 Å². The van der Waals surface area contributed by atoms with Gasteiger partial charge < -0.3 is 40.3 Å². The number of hydrogen-bond donors (Lipinski definition) is 6. The Kier molecular flexibility index (Phi) is 29.9. The van der Waals surface area contributed by atoms with E-state index in [1.165, 1.54) is 57.8 Å². The maximum atomic E-state index is 12.9. The number of allylic oxidation sites excluding steroid dienone is 9. The molecule has 9 nitrogen and oxygen atoms in total. The molecule has 1 saturated heterocycles. The summed E-state index contributed by atoms with van der Waals surface area (Å²) in [5.74, 6) is -0.222. The number of aliphatic hydroxyl groups is 5. The van der Waals surface area contributed by atoms with Crippen LogP contribution in [0.15, 0.2) is 60.8 Å². The van der Waals surface area contributed by atoms with Crippen molar-refractivity contribution in [2.75, 3.05) is 13.2 Å². The van der Waals surface area contributed by atoms with Crippen LogP contribution in [0.4, 0.5) is 0 Å². The van der Waals surface area contributed by atoms with Crippen LogP contribution in [0.3, 0.4) is 0 Å². The lowest BCUT2D eigenvalue weighted by Gasteiger charge is -2.40. The molecule has 0 radical (unpaired) electrons. The van der Waals surface area contributed by atoms with Crippen LogP contribution in [0.1, 0.15) is 142 Å². The van der Waals surface area contributed by atoms with Crippen molar-refractivity contribution >= 4 is 5.91 Å². The average Bonchev–Trinajstić information content (AvgIpc) is 3.13. The first-order valence-corrected chi connectivity index (χ1v) is 20.0. The highest BCUT2D eigenvalue weighted by Gasteiger charge is 2.44. The molecule has 0 aliphatic carbocycles. The van der Waals surface area contributed by atoms with Gasteiger partial charge in [-0.1, -0.05) is 139 Å². The summed E-state index contributed by atoms with van der Waals surface area (Å²) in [5, 5.41) is 53.9. The quantitative estimate of drug-likeness (QED) is 0.0324. The predicted octanol–water partition coefficient (Wildman–Crippen LogP) is 7.27. The molecule has 0 aromatic rings. The van der Waals surface area contributed by atoms with E-state index < -0.39 is 49.5 Å². The minimum absolute atomic E-state index is 0.208. The summed E-state index contributed by atoms with van der Waals surface area (Å²) < 4.78 is 11.1. The second-order valence-corrected chi connectivity index (χ2v) is 13.7. The highest BCUT2D eigenvalue weighted by Crippen LogP contribution is 2.22. The molecule has 1 aliphatic heterocycles. The van der Waals surface area contributed by atoms with Crippen LogP contribution in [-0.4, -0.2) is 87.5 Å². The molecule has 0 aromatic carbocycles. The maximum Gasteiger partial charge on any atom is 0.220 e. The average molecular weight is 720 g/mol. The molecule has 0 spiro atoms. The van der Waals surface area contributed by atoms with Crippen molar-refractivity contribution in [3.8, 4) is 0 Å². The zero-order chi connectivity index (χ0) is 37.4. The fourth-order valence-electron chi connectivity index (χ4n) is 5.85. The molecule has 0 bridgehead atoms. The summed E-state index contributed by atoms with van der Waals surface area (Å²) in [5.41, 5.74) is 0. The van der Waals surface area contributed by atoms with Crippen molar-refractivity contribution in [1.29, 1.82) is 0 Å². The Morgan fingerprint density at radius 3 is 1.80 bits per heavy atom. The standard InChI is InChI=1S/C42H73NO8/c1-3-5-7-9-11-13-15-17-18-20-22-24-26-28-30-32-38(46)43-35(34-50-42-41(49)40(48)39(47)37(33-44)51-42)36(45)31-29-27-25-23-21-19-16-14-12-10-8-6-4-2/h5,7,11,13,17-18,22,24,29,31,35-37,39-42,44-45,47-49H,3-4,6,8-10,12,14-16,19-21,23,25-28,30,32-34H2,1-2H3,(H,43,46)/b7-5-,13-11-,18-17-,24-22-,31-29+. The van der Waals surface area contributed by atoms with Crippen LogP contribution in [0.2, 0.25) is 0 Å². The SMILES string of the molecule is CC/C=C\C/C=C\C/C=C\C/C=C\CCCCC(=O)NC(COC1OC(CO)C(O)C(O)C1O)C(O)/C=C/CCCCCCCCCCCCC. The van der Waals surface area contributed by atoms with E-state index in [9.17, 15) is 30.3 Å². The highest BCUT2D eigenvalue weighted by molar-refractivity contribution is 5.76. The van der Waals surface area contributed by atoms with E-state index in [1.54, 1.807) is 6.08 Å². The maximum absolute atomic E-state index is 12.9. The monoisotopic (exact) mass is 720 g/mol. The normalized spacial score (nSPS) is 22.7. The number of aliphatic hydroxyl groups excluding tert-OH is 5. The van der Waals surface area contributed by atoms with E-state index in [1.807, 2.05) is 6.08 Å². The molecule has 1 aliphatic rings. The van der Waals surface area contributed by atoms with Crippen molar-refractivity contribution in [2.24, 2.45) is 0 Å². The lowest BCUT2D eigenvalue weighted by molar-refractivity contribution is -0.302. The van der Waals surface area contributed by atoms with Gasteiger partial charge in [0.2, 0.25) is 5.91 Å². The Morgan fingerprint density at radius 1 is 0.686 bits per heavy atom. The number of nitrogens with one attached hydrogen (secondary N) is 1. The number of hydrogen-bond acceptors (Lipinski definition) is 8. The molecule has 1 fully saturated rings. The van der Waals surface area contributed by atoms with E-state index in [0.29, 0.717) is 12.8 Å². The summed E-state index contributed by atoms with van der Waals surface area (Å²) in [6.07, 6.45) is 34.0. The van der Waals surface area contributed by atoms with Gasteiger partial charge in [-0.3, -0.25) is 4.79 Å². The Labute approximate surface area is 309 Å². The lowest BCUT2D eigenvalue weighted by Crippen LogP contribution is -2.60. The molecule has 6 N–H and O–H groups in total. The molecule has 1 heterocycles. The van der Waals surface area contributed by atoms with E-state index in [2.05, 4.69) is 67.8 Å². The van der Waals surface area contributed by atoms with Gasteiger partial charge in [0, 0.05) is 6.42 Å². The molecular weight excluding hydrogens is 646 g/mol. The first kappa shape index (κ1) is 46.9. The smallest absolute Gasteiger partial charge is 0.220 e. The van der Waals surface area contributed by atoms with Gasteiger partial charge in [-0.25, -0.2) is 0 Å². The van der Waals surface area contributed by atoms with Gasteiger partial charge in [0.05, 0.1) is 25.4 Å². The minimum atomic E-state index is -1.57. The molecule has 7 unspecified atom stereocenters. The fraction of sp³-hybridized carbons (Fsp3) is 0.738. The molecule has 1 amide bonds. The zero-order valence-corrected chi connectivity index (χ0v) is 31.8. The molecule has 0 saturated carbocycles. The number of ether oxygens (including phenoxy) is 2. The van der Waals surface area contributed by atoms with Crippen molar-refractivity contribution < 1.29 is 39.8 Å². The molecule has 51 heavy (non-hydrogen) atoms. The number of rotatable bonds is 31. The molecule has 1 rings (SSSR count). The van der Waals surface area contributed by atoms with Gasteiger partial charge in [-0.05, 0) is 57.8 Å². The number of carbonyl (C=O) groups is 1. The zero-order valence-electron chi connectivity index (χ0n) is 31.8. The van der Waals surface area contributed by atoms with Gasteiger partial charge in [0.15, 0.2) is 6.29 Å². The van der Waals surface area contributed by atoms with E-state index in [0.717, 1.165) is 57.8 Å². The van der Waals surface area contributed by atoms with E-state index >= 15 is 0 Å². The topological polar surface area (TPSA) is 149 Å².